The minimum Gasteiger partial charge on any atom is -0.507 e. The fourth-order valence-corrected chi connectivity index (χ4v) is 1.20. The zero-order chi connectivity index (χ0) is 10.6. The number of nitrogens with one attached hydrogen (secondary N) is 1. The lowest BCUT2D eigenvalue weighted by Gasteiger charge is -1.98. The summed E-state index contributed by atoms with van der Waals surface area (Å²) in [5.74, 6) is -0.141. The molecular formula is C9H9BrN2O2. The number of hydrazone groups is 1. The first-order chi connectivity index (χ1) is 6.59. The van der Waals surface area contributed by atoms with E-state index in [1.165, 1.54) is 13.1 Å². The molecule has 1 rings (SSSR count). The number of carbonyl (C=O) groups is 1. The molecule has 0 aliphatic rings. The fourth-order valence-electron chi connectivity index (χ4n) is 0.821. The summed E-state index contributed by atoms with van der Waals surface area (Å²) < 4.78 is 0.833. The van der Waals surface area contributed by atoms with Gasteiger partial charge in [-0.25, -0.2) is 5.43 Å². The first kappa shape index (κ1) is 10.7. The summed E-state index contributed by atoms with van der Waals surface area (Å²) >= 11 is 3.26. The number of phenolic OH excluding ortho intramolecular Hbond substituents is 1. The molecule has 0 aromatic heterocycles. The Kier molecular flexibility index (Phi) is 3.64. The molecule has 5 heteroatoms. The summed E-state index contributed by atoms with van der Waals surface area (Å²) in [6.45, 7) is 1.36. The molecule has 0 aliphatic heterocycles. The van der Waals surface area contributed by atoms with Crippen LogP contribution in [-0.4, -0.2) is 17.2 Å². The highest BCUT2D eigenvalue weighted by Crippen LogP contribution is 2.19. The molecule has 0 unspecified atom stereocenters. The predicted molar refractivity (Wildman–Crippen MR) is 57.2 cm³/mol. The number of benzene rings is 1. The van der Waals surface area contributed by atoms with Crippen molar-refractivity contribution in [2.45, 2.75) is 6.92 Å². The average molecular weight is 257 g/mol. The third kappa shape index (κ3) is 3.18. The number of nitrogens with zero attached hydrogens (tertiary/aromatic N) is 1. The molecule has 0 radical (unpaired) electrons. The number of aromatic hydroxyl groups is 1. The summed E-state index contributed by atoms with van der Waals surface area (Å²) in [7, 11) is 0. The van der Waals surface area contributed by atoms with Gasteiger partial charge in [-0.1, -0.05) is 15.9 Å². The van der Waals surface area contributed by atoms with Crippen molar-refractivity contribution in [1.29, 1.82) is 0 Å². The van der Waals surface area contributed by atoms with Gasteiger partial charge in [0.25, 0.3) is 0 Å². The van der Waals surface area contributed by atoms with Gasteiger partial charge < -0.3 is 5.11 Å². The van der Waals surface area contributed by atoms with Crippen molar-refractivity contribution in [2.75, 3.05) is 0 Å². The lowest BCUT2D eigenvalue weighted by atomic mass is 10.2. The summed E-state index contributed by atoms with van der Waals surface area (Å²) in [6, 6.07) is 4.95. The van der Waals surface area contributed by atoms with Gasteiger partial charge in [-0.15, -0.1) is 0 Å². The van der Waals surface area contributed by atoms with Gasteiger partial charge in [0.2, 0.25) is 5.91 Å². The quantitative estimate of drug-likeness (QED) is 0.624. The maximum Gasteiger partial charge on any atom is 0.236 e. The van der Waals surface area contributed by atoms with Gasteiger partial charge in [-0.05, 0) is 18.2 Å². The van der Waals surface area contributed by atoms with E-state index in [-0.39, 0.29) is 11.7 Å². The number of phenols is 1. The minimum atomic E-state index is -0.254. The molecule has 0 saturated carbocycles. The van der Waals surface area contributed by atoms with Crippen LogP contribution in [0.5, 0.6) is 5.75 Å². The summed E-state index contributed by atoms with van der Waals surface area (Å²) in [5, 5.41) is 13.0. The van der Waals surface area contributed by atoms with E-state index in [0.717, 1.165) is 4.47 Å². The van der Waals surface area contributed by atoms with Crippen LogP contribution in [0.3, 0.4) is 0 Å². The van der Waals surface area contributed by atoms with E-state index in [1.807, 2.05) is 0 Å². The third-order valence-electron chi connectivity index (χ3n) is 1.42. The fraction of sp³-hybridized carbons (Fsp3) is 0.111. The maximum absolute atomic E-state index is 10.5. The van der Waals surface area contributed by atoms with Crippen molar-refractivity contribution in [3.8, 4) is 5.75 Å². The molecule has 2 N–H and O–H groups in total. The van der Waals surface area contributed by atoms with Gasteiger partial charge in [0.05, 0.1) is 6.21 Å². The van der Waals surface area contributed by atoms with Crippen LogP contribution < -0.4 is 5.43 Å². The smallest absolute Gasteiger partial charge is 0.236 e. The Morgan fingerprint density at radius 1 is 1.64 bits per heavy atom. The number of hydrogen-bond donors (Lipinski definition) is 2. The molecule has 74 valence electrons. The Morgan fingerprint density at radius 2 is 2.36 bits per heavy atom. The van der Waals surface area contributed by atoms with Crippen LogP contribution in [0.1, 0.15) is 12.5 Å². The maximum atomic E-state index is 10.5. The van der Waals surface area contributed by atoms with Gasteiger partial charge in [0.1, 0.15) is 5.75 Å². The van der Waals surface area contributed by atoms with Crippen molar-refractivity contribution in [2.24, 2.45) is 5.10 Å². The zero-order valence-electron chi connectivity index (χ0n) is 7.49. The largest absolute Gasteiger partial charge is 0.507 e. The molecule has 1 aromatic carbocycles. The highest BCUT2D eigenvalue weighted by Gasteiger charge is 1.98. The van der Waals surface area contributed by atoms with E-state index in [2.05, 4.69) is 26.5 Å². The Hall–Kier alpha value is -1.36. The first-order valence-corrected chi connectivity index (χ1v) is 4.67. The van der Waals surface area contributed by atoms with Gasteiger partial charge >= 0.3 is 0 Å². The molecule has 0 saturated heterocycles. The Balaban J connectivity index is 2.80. The van der Waals surface area contributed by atoms with Crippen LogP contribution in [0.15, 0.2) is 27.8 Å². The molecule has 0 bridgehead atoms. The summed E-state index contributed by atoms with van der Waals surface area (Å²) in [5.41, 5.74) is 2.78. The van der Waals surface area contributed by atoms with Crippen molar-refractivity contribution in [3.05, 3.63) is 28.2 Å². The molecule has 1 amide bonds. The molecule has 0 spiro atoms. The van der Waals surface area contributed by atoms with Gasteiger partial charge in [-0.3, -0.25) is 4.79 Å². The highest BCUT2D eigenvalue weighted by atomic mass is 79.9. The van der Waals surface area contributed by atoms with E-state index in [0.29, 0.717) is 5.56 Å². The lowest BCUT2D eigenvalue weighted by molar-refractivity contribution is -0.118. The number of halogens is 1. The molecule has 14 heavy (non-hydrogen) atoms. The van der Waals surface area contributed by atoms with Crippen LogP contribution >= 0.6 is 15.9 Å². The van der Waals surface area contributed by atoms with E-state index in [1.54, 1.807) is 18.2 Å². The topological polar surface area (TPSA) is 61.7 Å². The van der Waals surface area contributed by atoms with Crippen LogP contribution in [0.25, 0.3) is 0 Å². The van der Waals surface area contributed by atoms with E-state index in [4.69, 9.17) is 0 Å². The lowest BCUT2D eigenvalue weighted by Crippen LogP contribution is -2.12. The predicted octanol–water partition coefficient (Wildman–Crippen LogP) is 1.62. The minimum absolute atomic E-state index is 0.113. The van der Waals surface area contributed by atoms with Crippen LogP contribution in [0, 0.1) is 0 Å². The number of amides is 1. The number of carbonyl (C=O) groups excluding carboxylic acids is 1. The number of rotatable bonds is 2. The van der Waals surface area contributed by atoms with Crippen LogP contribution in [0.4, 0.5) is 0 Å². The Morgan fingerprint density at radius 3 is 3.00 bits per heavy atom. The first-order valence-electron chi connectivity index (χ1n) is 3.88. The van der Waals surface area contributed by atoms with E-state index in [9.17, 15) is 9.90 Å². The molecule has 4 nitrogen and oxygen atoms in total. The van der Waals surface area contributed by atoms with E-state index < -0.39 is 0 Å². The second kappa shape index (κ2) is 4.76. The molecule has 1 aromatic rings. The van der Waals surface area contributed by atoms with Crippen molar-refractivity contribution < 1.29 is 9.90 Å². The molecule has 0 aliphatic carbocycles. The highest BCUT2D eigenvalue weighted by molar-refractivity contribution is 9.10. The monoisotopic (exact) mass is 256 g/mol. The second-order valence-electron chi connectivity index (χ2n) is 2.63. The van der Waals surface area contributed by atoms with Crippen molar-refractivity contribution in [3.63, 3.8) is 0 Å². The average Bonchev–Trinajstić information content (AvgIpc) is 2.10. The summed E-state index contributed by atoms with van der Waals surface area (Å²) in [4.78, 5) is 10.5. The van der Waals surface area contributed by atoms with Crippen LogP contribution in [-0.2, 0) is 4.79 Å². The SMILES string of the molecule is CC(=O)N/N=C/c1cc(Br)ccc1O. The summed E-state index contributed by atoms with van der Waals surface area (Å²) in [6.07, 6.45) is 1.38. The van der Waals surface area contributed by atoms with E-state index >= 15 is 0 Å². The van der Waals surface area contributed by atoms with Gasteiger partial charge in [0, 0.05) is 17.0 Å². The van der Waals surface area contributed by atoms with Crippen molar-refractivity contribution >= 4 is 28.1 Å². The van der Waals surface area contributed by atoms with Crippen molar-refractivity contribution in [1.82, 2.24) is 5.43 Å². The van der Waals surface area contributed by atoms with Gasteiger partial charge in [0.15, 0.2) is 0 Å². The molecule has 0 fully saturated rings. The Labute approximate surface area is 89.8 Å². The second-order valence-corrected chi connectivity index (χ2v) is 3.55. The standard InChI is InChI=1S/C9H9BrN2O2/c1-6(13)12-11-5-7-4-8(10)2-3-9(7)14/h2-5,14H,1H3,(H,12,13)/b11-5+. The Bertz CT molecular complexity index is 377. The normalized spacial score (nSPS) is 10.4. The zero-order valence-corrected chi connectivity index (χ0v) is 9.08. The van der Waals surface area contributed by atoms with Gasteiger partial charge in [-0.2, -0.15) is 5.10 Å². The third-order valence-corrected chi connectivity index (χ3v) is 1.91. The molecule has 0 atom stereocenters. The number of hydrogen-bond acceptors (Lipinski definition) is 3. The van der Waals surface area contributed by atoms with Crippen LogP contribution in [0.2, 0.25) is 0 Å². The molecule has 0 heterocycles. The molecular weight excluding hydrogens is 248 g/mol.